The maximum Gasteiger partial charge on any atom is 0.100 e. The third-order valence-electron chi connectivity index (χ3n) is 13.1. The molecule has 1 aliphatic heterocycles. The number of nitrogens with zero attached hydrogens (tertiary/aromatic N) is 2. The van der Waals surface area contributed by atoms with Crippen LogP contribution in [0.3, 0.4) is 0 Å². The number of anilines is 3. The van der Waals surface area contributed by atoms with Crippen molar-refractivity contribution >= 4 is 39.3 Å². The second kappa shape index (κ2) is 29.8. The largest absolute Gasteiger partial charge is 0.387 e. The van der Waals surface area contributed by atoms with E-state index in [1.807, 2.05) is 61.1 Å². The van der Waals surface area contributed by atoms with Crippen LogP contribution < -0.4 is 31.9 Å². The first-order valence-corrected chi connectivity index (χ1v) is 27.2. The maximum atomic E-state index is 4.51. The van der Waals surface area contributed by atoms with Crippen LogP contribution in [-0.4, -0.2) is 40.5 Å². The normalized spacial score (nSPS) is 13.7. The highest BCUT2D eigenvalue weighted by molar-refractivity contribution is 7.13. The predicted molar refractivity (Wildman–Crippen MR) is 315 cm³/mol. The second-order valence-corrected chi connectivity index (χ2v) is 21.4. The SMILES string of the molecule is C=C(/C=C/C(=C)Nc1ccc(NC(=C)Nc2ccc3cc[nH]c3c2)cc1)NCCCCCCCCCCCCCC(=C)N[C@H](C(=C)N1CCC(C)C1)C(C)(C)C.C=CNCc1ccc(-c2scnc2C)cc1. The van der Waals surface area contributed by atoms with Gasteiger partial charge in [0.25, 0.3) is 0 Å². The number of aromatic amines is 1. The van der Waals surface area contributed by atoms with E-state index < -0.39 is 0 Å². The Labute approximate surface area is 438 Å². The van der Waals surface area contributed by atoms with Gasteiger partial charge >= 0.3 is 0 Å². The second-order valence-electron chi connectivity index (χ2n) is 20.6. The van der Waals surface area contributed by atoms with Gasteiger partial charge in [-0.25, -0.2) is 4.98 Å². The molecule has 0 bridgehead atoms. The van der Waals surface area contributed by atoms with Crippen molar-refractivity contribution in [2.24, 2.45) is 11.3 Å². The van der Waals surface area contributed by atoms with E-state index in [9.17, 15) is 0 Å². The molecule has 5 aromatic rings. The number of allylic oxidation sites excluding steroid dienone is 3. The quantitative estimate of drug-likeness (QED) is 0.0174. The average Bonchev–Trinajstić information content (AvgIpc) is 4.13. The molecular weight excluding hydrogens is 903 g/mol. The fourth-order valence-electron chi connectivity index (χ4n) is 8.93. The van der Waals surface area contributed by atoms with Crippen molar-refractivity contribution in [1.82, 2.24) is 30.8 Å². The molecule has 10 heteroatoms. The van der Waals surface area contributed by atoms with Crippen LogP contribution >= 0.6 is 11.3 Å². The van der Waals surface area contributed by atoms with Crippen molar-refractivity contribution in [3.63, 3.8) is 0 Å². The van der Waals surface area contributed by atoms with E-state index in [2.05, 4.69) is 156 Å². The van der Waals surface area contributed by atoms with Crippen molar-refractivity contribution < 1.29 is 0 Å². The van der Waals surface area contributed by atoms with Crippen LogP contribution in [0.4, 0.5) is 17.1 Å². The highest BCUT2D eigenvalue weighted by Gasteiger charge is 2.32. The standard InChI is InChI=1S/C49H73N7.C13H14N2S/c1-37-31-34-56(36-37)41(5)48(49(7,8)9)53-39(3)21-19-17-15-13-11-10-12-14-16-18-20-32-50-38(2)22-23-40(4)52-44-26-28-45(29-27-44)54-42(6)55-46-25-24-43-30-33-51-47(43)35-46;1-3-14-8-11-4-6-12(7-5-11)13-10(2)15-9-16-13/h22-30,33,35,37,48,50-55H,2-6,10-21,31-32,34,36H2,1,7-9H3;3-7,9,14H,1,8H2,2H3/b23-22+;/t37?,48-;/m1./s1. The Morgan fingerprint density at radius 1 is 0.778 bits per heavy atom. The molecule has 386 valence electrons. The number of nitrogens with one attached hydrogen (secondary N) is 7. The van der Waals surface area contributed by atoms with E-state index in [0.29, 0.717) is 5.82 Å². The van der Waals surface area contributed by atoms with E-state index in [1.165, 1.54) is 110 Å². The number of H-pyrrole nitrogens is 1. The minimum absolute atomic E-state index is 0.107. The van der Waals surface area contributed by atoms with Gasteiger partial charge in [0.2, 0.25) is 0 Å². The number of benzene rings is 3. The number of fused-ring (bicyclic) bond motifs is 1. The van der Waals surface area contributed by atoms with Gasteiger partial charge in [0.15, 0.2) is 0 Å². The first-order valence-electron chi connectivity index (χ1n) is 26.4. The highest BCUT2D eigenvalue weighted by Crippen LogP contribution is 2.31. The van der Waals surface area contributed by atoms with E-state index in [4.69, 9.17) is 0 Å². The third kappa shape index (κ3) is 20.0. The number of hydrogen-bond donors (Lipinski definition) is 7. The fourth-order valence-corrected chi connectivity index (χ4v) is 9.74. The Hall–Kier alpha value is -6.39. The van der Waals surface area contributed by atoms with E-state index in [1.54, 1.807) is 17.5 Å². The zero-order valence-corrected chi connectivity index (χ0v) is 45.4. The van der Waals surface area contributed by atoms with E-state index in [0.717, 1.165) is 78.2 Å². The van der Waals surface area contributed by atoms with Gasteiger partial charge in [-0.3, -0.25) is 0 Å². The van der Waals surface area contributed by atoms with Crippen LogP contribution in [0, 0.1) is 18.3 Å². The Morgan fingerprint density at radius 2 is 1.39 bits per heavy atom. The molecule has 0 spiro atoms. The van der Waals surface area contributed by atoms with E-state index >= 15 is 0 Å². The van der Waals surface area contributed by atoms with Crippen LogP contribution in [-0.2, 0) is 6.54 Å². The van der Waals surface area contributed by atoms with Crippen LogP contribution in [0.2, 0.25) is 0 Å². The highest BCUT2D eigenvalue weighted by atomic mass is 32.1. The summed E-state index contributed by atoms with van der Waals surface area (Å²) in [5.41, 5.74) is 13.7. The molecule has 9 nitrogen and oxygen atoms in total. The number of thiazole rings is 1. The molecule has 7 N–H and O–H groups in total. The number of hydrogen-bond acceptors (Lipinski definition) is 9. The molecule has 1 aliphatic rings. The van der Waals surface area contributed by atoms with Gasteiger partial charge in [-0.2, -0.15) is 0 Å². The third-order valence-corrected chi connectivity index (χ3v) is 14.1. The molecule has 3 aromatic carbocycles. The Bertz CT molecular complexity index is 2500. The Kier molecular flexibility index (Phi) is 23.4. The topological polar surface area (TPSA) is 104 Å². The summed E-state index contributed by atoms with van der Waals surface area (Å²) in [6, 6.07) is 25.1. The minimum Gasteiger partial charge on any atom is -0.387 e. The van der Waals surface area contributed by atoms with Gasteiger partial charge in [0.05, 0.1) is 22.1 Å². The molecule has 0 aliphatic carbocycles. The first-order chi connectivity index (χ1) is 34.7. The lowest BCUT2D eigenvalue weighted by atomic mass is 9.84. The van der Waals surface area contributed by atoms with Gasteiger partial charge in [-0.15, -0.1) is 11.3 Å². The molecule has 1 unspecified atom stereocenters. The fraction of sp³-hybridized carbons (Fsp3) is 0.403. The molecule has 72 heavy (non-hydrogen) atoms. The lowest BCUT2D eigenvalue weighted by Crippen LogP contribution is -2.45. The summed E-state index contributed by atoms with van der Waals surface area (Å²) in [7, 11) is 0. The van der Waals surface area contributed by atoms with Crippen molar-refractivity contribution in [2.45, 2.75) is 131 Å². The number of unbranched alkanes of at least 4 members (excludes halogenated alkanes) is 10. The summed E-state index contributed by atoms with van der Waals surface area (Å²) in [5, 5.41) is 21.5. The predicted octanol–water partition coefficient (Wildman–Crippen LogP) is 16.2. The zero-order chi connectivity index (χ0) is 51.7. The van der Waals surface area contributed by atoms with E-state index in [-0.39, 0.29) is 11.5 Å². The average molecular weight is 991 g/mol. The number of aryl methyl sites for hydroxylation is 1. The molecule has 1 fully saturated rings. The van der Waals surface area contributed by atoms with Crippen LogP contribution in [0.5, 0.6) is 0 Å². The lowest BCUT2D eigenvalue weighted by molar-refractivity contribution is 0.256. The van der Waals surface area contributed by atoms with Crippen molar-refractivity contribution in [1.29, 1.82) is 0 Å². The monoisotopic (exact) mass is 990 g/mol. The number of likely N-dealkylation sites (tertiary alicyclic amines) is 1. The summed E-state index contributed by atoms with van der Waals surface area (Å²) in [6.45, 7) is 40.3. The van der Waals surface area contributed by atoms with Gasteiger partial charge in [0.1, 0.15) is 5.82 Å². The maximum absolute atomic E-state index is 4.51. The summed E-state index contributed by atoms with van der Waals surface area (Å²) >= 11 is 1.68. The van der Waals surface area contributed by atoms with Crippen molar-refractivity contribution in [3.05, 3.63) is 182 Å². The molecule has 2 atom stereocenters. The summed E-state index contributed by atoms with van der Waals surface area (Å²) in [6.07, 6.45) is 24.2. The molecule has 0 amide bonds. The smallest absolute Gasteiger partial charge is 0.100 e. The molecule has 1 saturated heterocycles. The molecular formula is C62H87N9S. The molecule has 6 rings (SSSR count). The first kappa shape index (κ1) is 56.5. The lowest BCUT2D eigenvalue weighted by Gasteiger charge is -2.38. The zero-order valence-electron chi connectivity index (χ0n) is 44.5. The van der Waals surface area contributed by atoms with Gasteiger partial charge in [-0.05, 0) is 121 Å². The van der Waals surface area contributed by atoms with Crippen molar-refractivity contribution in [3.8, 4) is 10.4 Å². The number of aromatic nitrogens is 2. The molecule has 3 heterocycles. The van der Waals surface area contributed by atoms with Crippen LogP contribution in [0.15, 0.2) is 171 Å². The van der Waals surface area contributed by atoms with Gasteiger partial charge < -0.3 is 41.8 Å². The summed E-state index contributed by atoms with van der Waals surface area (Å²) in [4.78, 5) is 11.2. The van der Waals surface area contributed by atoms with Crippen LogP contribution in [0.25, 0.3) is 21.3 Å². The van der Waals surface area contributed by atoms with Gasteiger partial charge in [-0.1, -0.05) is 155 Å². The summed E-state index contributed by atoms with van der Waals surface area (Å²) in [5.74, 6) is 1.46. The molecule has 2 aromatic heterocycles. The van der Waals surface area contributed by atoms with Crippen LogP contribution in [0.1, 0.15) is 122 Å². The Balaban J connectivity index is 0.000000506. The molecule has 0 radical (unpaired) electrons. The molecule has 0 saturated carbocycles. The Morgan fingerprint density at radius 3 is 2.00 bits per heavy atom. The minimum atomic E-state index is 0.107. The summed E-state index contributed by atoms with van der Waals surface area (Å²) < 4.78 is 0. The van der Waals surface area contributed by atoms with Gasteiger partial charge in [0, 0.05) is 77.7 Å². The van der Waals surface area contributed by atoms with Crippen molar-refractivity contribution in [2.75, 3.05) is 35.6 Å². The number of rotatable bonds is 31.